The lowest BCUT2D eigenvalue weighted by molar-refractivity contribution is -0.149. The van der Waals surface area contributed by atoms with E-state index >= 15 is 0 Å². The van der Waals surface area contributed by atoms with Crippen LogP contribution in [0.4, 0.5) is 4.39 Å². The molecule has 2 aromatic carbocycles. The Kier molecular flexibility index (Phi) is 7.06. The van der Waals surface area contributed by atoms with Crippen LogP contribution < -0.4 is 4.74 Å². The summed E-state index contributed by atoms with van der Waals surface area (Å²) in [6.45, 7) is 10.4. The van der Waals surface area contributed by atoms with E-state index in [2.05, 4.69) is 5.16 Å². The fourth-order valence-corrected chi connectivity index (χ4v) is 3.48. The molecule has 0 heterocycles. The quantitative estimate of drug-likeness (QED) is 0.277. The number of carbonyl (C=O) groups excluding carboxylic acids is 1. The molecule has 0 aliphatic heterocycles. The number of hydrogen-bond acceptors (Lipinski definition) is 6. The van der Waals surface area contributed by atoms with Gasteiger partial charge < -0.3 is 14.3 Å². The zero-order valence-corrected chi connectivity index (χ0v) is 19.5. The minimum atomic E-state index is -1.19. The average molecular weight is 453 g/mol. The number of nitrogens with zero attached hydrogens (tertiary/aromatic N) is 2. The molecule has 3 atom stereocenters. The predicted molar refractivity (Wildman–Crippen MR) is 122 cm³/mol. The molecule has 1 aliphatic carbocycles. The predicted octanol–water partition coefficient (Wildman–Crippen LogP) is 6.05. The molecule has 1 saturated carbocycles. The Morgan fingerprint density at radius 1 is 1.24 bits per heavy atom. The summed E-state index contributed by atoms with van der Waals surface area (Å²) in [6, 6.07) is 14.7. The lowest BCUT2D eigenvalue weighted by Gasteiger charge is -2.15. The molecule has 0 aromatic heterocycles. The van der Waals surface area contributed by atoms with E-state index in [-0.39, 0.29) is 22.5 Å². The van der Waals surface area contributed by atoms with Crippen molar-refractivity contribution in [2.45, 2.75) is 40.7 Å². The molecule has 33 heavy (non-hydrogen) atoms. The summed E-state index contributed by atoms with van der Waals surface area (Å²) in [5, 5.41) is 13.6. The summed E-state index contributed by atoms with van der Waals surface area (Å²) >= 11 is 0. The highest BCUT2D eigenvalue weighted by atomic mass is 19.1. The van der Waals surface area contributed by atoms with Gasteiger partial charge in [-0.15, -0.1) is 0 Å². The zero-order chi connectivity index (χ0) is 24.2. The van der Waals surface area contributed by atoms with Gasteiger partial charge in [0.2, 0.25) is 6.10 Å². The number of carbonyl (C=O) groups is 1. The van der Waals surface area contributed by atoms with E-state index in [4.69, 9.17) is 14.3 Å². The van der Waals surface area contributed by atoms with Gasteiger partial charge in [-0.25, -0.2) is 4.39 Å². The topological polar surface area (TPSA) is 80.9 Å². The Morgan fingerprint density at radius 3 is 2.58 bits per heavy atom. The van der Waals surface area contributed by atoms with Gasteiger partial charge in [0.25, 0.3) is 0 Å². The molecular weight excluding hydrogens is 423 g/mol. The Bertz CT molecular complexity index is 1050. The van der Waals surface area contributed by atoms with Crippen LogP contribution in [0.15, 0.2) is 53.7 Å². The zero-order valence-electron chi connectivity index (χ0n) is 19.5. The number of esters is 1. The lowest BCUT2D eigenvalue weighted by Crippen LogP contribution is -2.15. The summed E-state index contributed by atoms with van der Waals surface area (Å²) in [5.41, 5.74) is -0.0568. The summed E-state index contributed by atoms with van der Waals surface area (Å²) in [4.78, 5) is 18.2. The van der Waals surface area contributed by atoms with Gasteiger partial charge >= 0.3 is 5.97 Å². The second kappa shape index (κ2) is 9.62. The first-order valence-corrected chi connectivity index (χ1v) is 10.8. The van der Waals surface area contributed by atoms with Crippen LogP contribution in [0.25, 0.3) is 0 Å². The van der Waals surface area contributed by atoms with Crippen molar-refractivity contribution in [2.75, 3.05) is 6.61 Å². The van der Waals surface area contributed by atoms with Gasteiger partial charge in [0.15, 0.2) is 11.6 Å². The molecule has 3 rings (SSSR count). The third-order valence-corrected chi connectivity index (χ3v) is 5.54. The van der Waals surface area contributed by atoms with Crippen molar-refractivity contribution in [2.24, 2.45) is 27.8 Å². The van der Waals surface area contributed by atoms with Crippen LogP contribution in [0.5, 0.6) is 11.5 Å². The van der Waals surface area contributed by atoms with Gasteiger partial charge in [-0.3, -0.25) is 4.79 Å². The van der Waals surface area contributed by atoms with E-state index in [9.17, 15) is 14.4 Å². The normalized spacial score (nSPS) is 20.0. The first-order chi connectivity index (χ1) is 15.5. The van der Waals surface area contributed by atoms with Crippen molar-refractivity contribution >= 4 is 12.2 Å². The number of ether oxygens (including phenoxy) is 2. The number of rotatable bonds is 8. The number of halogens is 1. The molecule has 7 heteroatoms. The van der Waals surface area contributed by atoms with Crippen molar-refractivity contribution in [3.05, 3.63) is 59.9 Å². The maximum atomic E-state index is 14.3. The van der Waals surface area contributed by atoms with Crippen LogP contribution >= 0.6 is 0 Å². The molecule has 0 spiro atoms. The van der Waals surface area contributed by atoms with Crippen LogP contribution in [-0.4, -0.2) is 18.8 Å². The van der Waals surface area contributed by atoms with Gasteiger partial charge in [-0.1, -0.05) is 64.0 Å². The number of nitriles is 1. The first kappa shape index (κ1) is 24.2. The standard InChI is InChI=1S/C26H29FN2O4/c1-25(2,3)16-31-29-15-19-23(26(19,4)5)24(30)33-22(14-28)17-11-12-20(27)21(13-17)32-18-9-7-6-8-10-18/h6-13,15,19,22-23H,16H2,1-5H3/t19-,22?,23-/m0/s1. The summed E-state index contributed by atoms with van der Waals surface area (Å²) in [6.07, 6.45) is 0.435. The maximum Gasteiger partial charge on any atom is 0.311 e. The summed E-state index contributed by atoms with van der Waals surface area (Å²) in [7, 11) is 0. The van der Waals surface area contributed by atoms with E-state index in [1.807, 2.05) is 46.8 Å². The molecule has 1 aliphatic rings. The summed E-state index contributed by atoms with van der Waals surface area (Å²) < 4.78 is 25.3. The Labute approximate surface area is 194 Å². The highest BCUT2D eigenvalue weighted by Crippen LogP contribution is 2.58. The van der Waals surface area contributed by atoms with Gasteiger partial charge in [0.1, 0.15) is 18.4 Å². The first-order valence-electron chi connectivity index (χ1n) is 10.8. The van der Waals surface area contributed by atoms with E-state index < -0.39 is 23.8 Å². The minimum absolute atomic E-state index is 0.0208. The number of oxime groups is 1. The molecule has 174 valence electrons. The average Bonchev–Trinajstić information content (AvgIpc) is 3.31. The monoisotopic (exact) mass is 452 g/mol. The van der Waals surface area contributed by atoms with Crippen LogP contribution in [0.1, 0.15) is 46.3 Å². The van der Waals surface area contributed by atoms with Gasteiger partial charge in [0.05, 0.1) is 5.92 Å². The van der Waals surface area contributed by atoms with Crippen molar-refractivity contribution in [3.63, 3.8) is 0 Å². The second-order valence-corrected chi connectivity index (χ2v) is 9.96. The fraction of sp³-hybridized carbons (Fsp3) is 0.423. The van der Waals surface area contributed by atoms with Crippen molar-refractivity contribution < 1.29 is 23.5 Å². The van der Waals surface area contributed by atoms with Crippen molar-refractivity contribution in [1.29, 1.82) is 5.26 Å². The molecule has 0 saturated heterocycles. The third kappa shape index (κ3) is 6.10. The molecule has 0 radical (unpaired) electrons. The highest BCUT2D eigenvalue weighted by Gasteiger charge is 2.62. The SMILES string of the molecule is CC(C)(C)CON=C[C@H]1[C@@H](C(=O)OC(C#N)c2ccc(F)c(Oc3ccccc3)c2)C1(C)C. The molecule has 0 bridgehead atoms. The molecule has 1 fully saturated rings. The number of para-hydroxylation sites is 1. The number of benzene rings is 2. The van der Waals surface area contributed by atoms with E-state index in [0.717, 1.165) is 0 Å². The van der Waals surface area contributed by atoms with Crippen molar-refractivity contribution in [1.82, 2.24) is 0 Å². The lowest BCUT2D eigenvalue weighted by atomic mass is 9.99. The number of hydrogen-bond donors (Lipinski definition) is 0. The Hall–Kier alpha value is -3.40. The van der Waals surface area contributed by atoms with E-state index in [1.165, 1.54) is 18.2 Å². The highest BCUT2D eigenvalue weighted by molar-refractivity contribution is 5.85. The second-order valence-electron chi connectivity index (χ2n) is 9.96. The van der Waals surface area contributed by atoms with Crippen molar-refractivity contribution in [3.8, 4) is 17.6 Å². The van der Waals surface area contributed by atoms with Gasteiger partial charge in [0, 0.05) is 17.7 Å². The van der Waals surface area contributed by atoms with Gasteiger partial charge in [-0.05, 0) is 35.1 Å². The third-order valence-electron chi connectivity index (χ3n) is 5.54. The molecule has 2 aromatic rings. The van der Waals surface area contributed by atoms with Crippen LogP contribution in [-0.2, 0) is 14.4 Å². The van der Waals surface area contributed by atoms with E-state index in [0.29, 0.717) is 17.9 Å². The smallest absolute Gasteiger partial charge is 0.311 e. The molecule has 6 nitrogen and oxygen atoms in total. The largest absolute Gasteiger partial charge is 0.454 e. The Morgan fingerprint density at radius 2 is 1.94 bits per heavy atom. The molecule has 0 amide bonds. The maximum absolute atomic E-state index is 14.3. The molecule has 0 N–H and O–H groups in total. The molecular formula is C26H29FN2O4. The Balaban J connectivity index is 1.67. The van der Waals surface area contributed by atoms with Crippen LogP contribution in [0.2, 0.25) is 0 Å². The van der Waals surface area contributed by atoms with Gasteiger partial charge in [-0.2, -0.15) is 5.26 Å². The van der Waals surface area contributed by atoms with Crippen LogP contribution in [0, 0.1) is 39.8 Å². The fourth-order valence-electron chi connectivity index (χ4n) is 3.48. The minimum Gasteiger partial charge on any atom is -0.454 e. The van der Waals surface area contributed by atoms with E-state index in [1.54, 1.807) is 30.5 Å². The van der Waals surface area contributed by atoms with Crippen LogP contribution in [0.3, 0.4) is 0 Å². The molecule has 1 unspecified atom stereocenters. The summed E-state index contributed by atoms with van der Waals surface area (Å²) in [5.74, 6) is -1.29.